The fourth-order valence-corrected chi connectivity index (χ4v) is 1.48. The van der Waals surface area contributed by atoms with Crippen LogP contribution in [0, 0.1) is 12.3 Å². The van der Waals surface area contributed by atoms with Crippen molar-refractivity contribution in [2.75, 3.05) is 27.9 Å². The van der Waals surface area contributed by atoms with E-state index in [1.807, 2.05) is 0 Å². The smallest absolute Gasteiger partial charge is 0.338 e. The second kappa shape index (κ2) is 7.17. The minimum Gasteiger partial charge on any atom is -0.493 e. The molecule has 0 unspecified atom stereocenters. The maximum atomic E-state index is 11.8. The maximum Gasteiger partial charge on any atom is 0.338 e. The Labute approximate surface area is 112 Å². The van der Waals surface area contributed by atoms with Crippen LogP contribution in [0.5, 0.6) is 17.2 Å². The Kier molecular flexibility index (Phi) is 5.55. The molecule has 0 N–H and O–H groups in total. The molecular formula is C14H16O5. The van der Waals surface area contributed by atoms with Crippen LogP contribution >= 0.6 is 0 Å². The highest BCUT2D eigenvalue weighted by molar-refractivity contribution is 5.91. The summed E-state index contributed by atoms with van der Waals surface area (Å²) < 4.78 is 20.5. The van der Waals surface area contributed by atoms with Crippen LogP contribution in [0.3, 0.4) is 0 Å². The summed E-state index contributed by atoms with van der Waals surface area (Å²) in [6.07, 6.45) is 5.46. The molecule has 0 aromatic heterocycles. The summed E-state index contributed by atoms with van der Waals surface area (Å²) in [5.74, 6) is 3.11. The average molecular weight is 264 g/mol. The Morgan fingerprint density at radius 1 is 1.16 bits per heavy atom. The van der Waals surface area contributed by atoms with Gasteiger partial charge in [-0.05, 0) is 12.1 Å². The predicted molar refractivity (Wildman–Crippen MR) is 69.8 cm³/mol. The van der Waals surface area contributed by atoms with Gasteiger partial charge >= 0.3 is 5.97 Å². The number of carbonyl (C=O) groups excluding carboxylic acids is 1. The Morgan fingerprint density at radius 2 is 1.74 bits per heavy atom. The van der Waals surface area contributed by atoms with Gasteiger partial charge in [0.2, 0.25) is 5.75 Å². The minimum absolute atomic E-state index is 0.173. The molecule has 0 aliphatic heterocycles. The van der Waals surface area contributed by atoms with Crippen LogP contribution in [0.15, 0.2) is 12.1 Å². The first-order chi connectivity index (χ1) is 9.17. The zero-order chi connectivity index (χ0) is 14.3. The van der Waals surface area contributed by atoms with Crippen LogP contribution in [0.2, 0.25) is 0 Å². The van der Waals surface area contributed by atoms with Crippen LogP contribution < -0.4 is 14.2 Å². The first-order valence-corrected chi connectivity index (χ1v) is 5.58. The molecule has 0 heterocycles. The molecule has 5 nitrogen and oxygen atoms in total. The summed E-state index contributed by atoms with van der Waals surface area (Å²) in [4.78, 5) is 11.8. The number of esters is 1. The number of ether oxygens (including phenoxy) is 4. The van der Waals surface area contributed by atoms with Gasteiger partial charge in [-0.1, -0.05) is 0 Å². The summed E-state index contributed by atoms with van der Waals surface area (Å²) in [6, 6.07) is 3.05. The van der Waals surface area contributed by atoms with Gasteiger partial charge in [0.05, 0.1) is 26.9 Å². The zero-order valence-electron chi connectivity index (χ0n) is 11.2. The number of hydrogen-bond donors (Lipinski definition) is 0. The van der Waals surface area contributed by atoms with Gasteiger partial charge < -0.3 is 18.9 Å². The molecule has 1 rings (SSSR count). The number of terminal acetylenes is 1. The minimum atomic E-state index is -0.491. The molecule has 5 heteroatoms. The number of hydrogen-bond acceptors (Lipinski definition) is 5. The van der Waals surface area contributed by atoms with E-state index in [9.17, 15) is 4.79 Å². The van der Waals surface area contributed by atoms with Gasteiger partial charge in [0.15, 0.2) is 11.5 Å². The molecule has 19 heavy (non-hydrogen) atoms. The quantitative estimate of drug-likeness (QED) is 0.446. The molecular weight excluding hydrogens is 248 g/mol. The molecule has 0 aliphatic rings. The van der Waals surface area contributed by atoms with Crippen molar-refractivity contribution in [1.82, 2.24) is 0 Å². The molecule has 0 bridgehead atoms. The summed E-state index contributed by atoms with van der Waals surface area (Å²) in [7, 11) is 4.45. The summed E-state index contributed by atoms with van der Waals surface area (Å²) in [6.45, 7) is 0.173. The Hall–Kier alpha value is -2.35. The van der Waals surface area contributed by atoms with Crippen LogP contribution in [-0.4, -0.2) is 33.9 Å². The van der Waals surface area contributed by atoms with Crippen LogP contribution in [0.1, 0.15) is 16.8 Å². The lowest BCUT2D eigenvalue weighted by Crippen LogP contribution is -2.07. The van der Waals surface area contributed by atoms with Crippen molar-refractivity contribution in [2.45, 2.75) is 6.42 Å². The van der Waals surface area contributed by atoms with Crippen molar-refractivity contribution in [2.24, 2.45) is 0 Å². The Bertz CT molecular complexity index is 462. The molecule has 1 aromatic rings. The lowest BCUT2D eigenvalue weighted by molar-refractivity contribution is 0.0513. The SMILES string of the molecule is C#CCCOC(=O)c1cc(OC)c(OC)c(OC)c1. The van der Waals surface area contributed by atoms with E-state index in [0.29, 0.717) is 29.2 Å². The van der Waals surface area contributed by atoms with Gasteiger partial charge in [0.25, 0.3) is 0 Å². The second-order valence-corrected chi connectivity index (χ2v) is 3.50. The maximum absolute atomic E-state index is 11.8. The molecule has 102 valence electrons. The molecule has 0 fully saturated rings. The van der Waals surface area contributed by atoms with E-state index in [-0.39, 0.29) is 6.61 Å². The highest BCUT2D eigenvalue weighted by Crippen LogP contribution is 2.38. The second-order valence-electron chi connectivity index (χ2n) is 3.50. The van der Waals surface area contributed by atoms with Crippen molar-refractivity contribution in [3.8, 4) is 29.6 Å². The van der Waals surface area contributed by atoms with Gasteiger partial charge in [-0.15, -0.1) is 12.3 Å². The fraction of sp³-hybridized carbons (Fsp3) is 0.357. The summed E-state index contributed by atoms with van der Waals surface area (Å²) >= 11 is 0. The fourth-order valence-electron chi connectivity index (χ4n) is 1.48. The van der Waals surface area contributed by atoms with E-state index in [1.165, 1.54) is 33.5 Å². The monoisotopic (exact) mass is 264 g/mol. The normalized spacial score (nSPS) is 9.37. The highest BCUT2D eigenvalue weighted by Gasteiger charge is 2.17. The molecule has 0 saturated heterocycles. The average Bonchev–Trinajstić information content (AvgIpc) is 2.45. The largest absolute Gasteiger partial charge is 0.493 e. The van der Waals surface area contributed by atoms with Gasteiger partial charge in [-0.2, -0.15) is 0 Å². The molecule has 0 atom stereocenters. The van der Waals surface area contributed by atoms with E-state index in [4.69, 9.17) is 25.4 Å². The van der Waals surface area contributed by atoms with Gasteiger partial charge in [0.1, 0.15) is 6.61 Å². The number of rotatable bonds is 6. The van der Waals surface area contributed by atoms with Crippen molar-refractivity contribution in [3.63, 3.8) is 0 Å². The van der Waals surface area contributed by atoms with E-state index < -0.39 is 5.97 Å². The Balaban J connectivity index is 3.02. The third-order valence-corrected chi connectivity index (χ3v) is 2.38. The van der Waals surface area contributed by atoms with Crippen molar-refractivity contribution in [3.05, 3.63) is 17.7 Å². The van der Waals surface area contributed by atoms with Crippen molar-refractivity contribution >= 4 is 5.97 Å². The predicted octanol–water partition coefficient (Wildman–Crippen LogP) is 1.89. The lowest BCUT2D eigenvalue weighted by atomic mass is 10.2. The first-order valence-electron chi connectivity index (χ1n) is 5.58. The lowest BCUT2D eigenvalue weighted by Gasteiger charge is -2.13. The topological polar surface area (TPSA) is 54.0 Å². The molecule has 0 aliphatic carbocycles. The number of methoxy groups -OCH3 is 3. The number of carbonyl (C=O) groups is 1. The van der Waals surface area contributed by atoms with Crippen molar-refractivity contribution < 1.29 is 23.7 Å². The van der Waals surface area contributed by atoms with Gasteiger partial charge in [-0.25, -0.2) is 4.79 Å². The van der Waals surface area contributed by atoms with Gasteiger partial charge in [0, 0.05) is 6.42 Å². The molecule has 1 aromatic carbocycles. The van der Waals surface area contributed by atoms with E-state index >= 15 is 0 Å². The first kappa shape index (κ1) is 14.7. The molecule has 0 saturated carbocycles. The summed E-state index contributed by atoms with van der Waals surface area (Å²) in [5, 5.41) is 0. The van der Waals surface area contributed by atoms with Crippen LogP contribution in [-0.2, 0) is 4.74 Å². The molecule has 0 radical (unpaired) electrons. The molecule has 0 spiro atoms. The zero-order valence-corrected chi connectivity index (χ0v) is 11.2. The summed E-state index contributed by atoms with van der Waals surface area (Å²) in [5.41, 5.74) is 0.312. The van der Waals surface area contributed by atoms with E-state index in [0.717, 1.165) is 0 Å². The third kappa shape index (κ3) is 3.55. The van der Waals surface area contributed by atoms with Crippen molar-refractivity contribution in [1.29, 1.82) is 0 Å². The highest BCUT2D eigenvalue weighted by atomic mass is 16.5. The molecule has 0 amide bonds. The van der Waals surface area contributed by atoms with E-state index in [2.05, 4.69) is 5.92 Å². The number of benzene rings is 1. The van der Waals surface area contributed by atoms with Gasteiger partial charge in [-0.3, -0.25) is 0 Å². The van der Waals surface area contributed by atoms with Crippen LogP contribution in [0.4, 0.5) is 0 Å². The Morgan fingerprint density at radius 3 is 2.16 bits per heavy atom. The van der Waals surface area contributed by atoms with E-state index in [1.54, 1.807) is 0 Å². The third-order valence-electron chi connectivity index (χ3n) is 2.38. The van der Waals surface area contributed by atoms with Crippen LogP contribution in [0.25, 0.3) is 0 Å². The standard InChI is InChI=1S/C14H16O5/c1-5-6-7-19-14(15)10-8-11(16-2)13(18-4)12(9-10)17-3/h1,8-9H,6-7H2,2-4H3.